The second-order valence-corrected chi connectivity index (χ2v) is 11.5. The molecule has 0 saturated carbocycles. The molecular formula is C24H31ClN6O4S2. The SMILES string of the molecule is COCC(=O)N1CC[C@H](NC(=S)C(=O)Nc2ccc(Cl)cc2)[C@H](NC(=O)C2=NC3CCN(C)CC3S2)C1. The van der Waals surface area contributed by atoms with Crippen molar-refractivity contribution in [1.29, 1.82) is 0 Å². The van der Waals surface area contributed by atoms with Gasteiger partial charge in [0.15, 0.2) is 10.0 Å². The molecule has 2 unspecified atom stereocenters. The molecule has 2 fully saturated rings. The summed E-state index contributed by atoms with van der Waals surface area (Å²) in [5.74, 6) is -0.898. The number of ether oxygens (including phenoxy) is 1. The molecule has 0 radical (unpaired) electrons. The van der Waals surface area contributed by atoms with E-state index in [9.17, 15) is 14.4 Å². The number of likely N-dealkylation sites (tertiary alicyclic amines) is 2. The van der Waals surface area contributed by atoms with Crippen LogP contribution in [0, 0.1) is 0 Å². The number of thiocarbonyl (C=S) groups is 1. The molecular weight excluding hydrogens is 536 g/mol. The van der Waals surface area contributed by atoms with Gasteiger partial charge in [-0.1, -0.05) is 35.6 Å². The van der Waals surface area contributed by atoms with E-state index in [4.69, 9.17) is 28.6 Å². The number of methoxy groups -OCH3 is 1. The van der Waals surface area contributed by atoms with Crippen LogP contribution in [0.25, 0.3) is 0 Å². The van der Waals surface area contributed by atoms with Crippen molar-refractivity contribution in [2.45, 2.75) is 36.2 Å². The van der Waals surface area contributed by atoms with Crippen molar-refractivity contribution in [2.75, 3.05) is 52.3 Å². The number of halogens is 1. The lowest BCUT2D eigenvalue weighted by molar-refractivity contribution is -0.137. The Morgan fingerprint density at radius 2 is 1.89 bits per heavy atom. The molecule has 3 amide bonds. The van der Waals surface area contributed by atoms with Gasteiger partial charge in [0.1, 0.15) is 6.61 Å². The number of benzene rings is 1. The van der Waals surface area contributed by atoms with Gasteiger partial charge >= 0.3 is 0 Å². The smallest absolute Gasteiger partial charge is 0.283 e. The third-order valence-corrected chi connectivity index (χ3v) is 8.48. The van der Waals surface area contributed by atoms with Crippen LogP contribution in [0.4, 0.5) is 5.69 Å². The number of thioether (sulfide) groups is 1. The zero-order valence-corrected chi connectivity index (χ0v) is 23.1. The first kappa shape index (κ1) is 27.8. The standard InChI is InChI=1S/C24H31ClN6O4S2/c1-30-9-7-17-19(12-30)37-24(29-17)22(34)27-18-11-31(20(32)13-35-2)10-8-16(18)28-23(36)21(33)26-15-5-3-14(25)4-6-15/h3-6,16-19H,7-13H2,1-2H3,(H,26,33)(H,27,34)(H,28,36)/t16-,17?,18+,19?/m0/s1. The predicted molar refractivity (Wildman–Crippen MR) is 149 cm³/mol. The number of hydrogen-bond donors (Lipinski definition) is 3. The van der Waals surface area contributed by atoms with Crippen LogP contribution < -0.4 is 16.0 Å². The van der Waals surface area contributed by atoms with Gasteiger partial charge in [-0.15, -0.1) is 0 Å². The minimum absolute atomic E-state index is 0.00231. The van der Waals surface area contributed by atoms with Gasteiger partial charge in [-0.3, -0.25) is 19.4 Å². The van der Waals surface area contributed by atoms with Gasteiger partial charge in [-0.05, 0) is 50.7 Å². The highest BCUT2D eigenvalue weighted by Gasteiger charge is 2.39. The summed E-state index contributed by atoms with van der Waals surface area (Å²) in [4.78, 5) is 47.0. The van der Waals surface area contributed by atoms with Crippen molar-refractivity contribution in [3.05, 3.63) is 29.3 Å². The van der Waals surface area contributed by atoms with Gasteiger partial charge in [0.25, 0.3) is 11.8 Å². The summed E-state index contributed by atoms with van der Waals surface area (Å²) >= 11 is 12.8. The average Bonchev–Trinajstić information content (AvgIpc) is 3.30. The number of hydrogen-bond acceptors (Lipinski definition) is 8. The topological polar surface area (TPSA) is 115 Å². The lowest BCUT2D eigenvalue weighted by atomic mass is 9.98. The number of amides is 3. The summed E-state index contributed by atoms with van der Waals surface area (Å²) in [6.45, 7) is 2.51. The number of aliphatic imine (C=N–C) groups is 1. The Kier molecular flexibility index (Phi) is 9.41. The number of fused-ring (bicyclic) bond motifs is 1. The van der Waals surface area contributed by atoms with Crippen molar-refractivity contribution in [3.63, 3.8) is 0 Å². The van der Waals surface area contributed by atoms with Crippen LogP contribution in [-0.2, 0) is 19.1 Å². The van der Waals surface area contributed by atoms with Crippen LogP contribution in [0.5, 0.6) is 0 Å². The summed E-state index contributed by atoms with van der Waals surface area (Å²) < 4.78 is 5.00. The zero-order valence-electron chi connectivity index (χ0n) is 20.7. The van der Waals surface area contributed by atoms with E-state index in [-0.39, 0.29) is 47.3 Å². The van der Waals surface area contributed by atoms with Crippen molar-refractivity contribution in [3.8, 4) is 0 Å². The molecule has 1 aromatic rings. The van der Waals surface area contributed by atoms with Gasteiger partial charge in [-0.25, -0.2) is 0 Å². The molecule has 13 heteroatoms. The van der Waals surface area contributed by atoms with Crippen LogP contribution >= 0.6 is 35.6 Å². The molecule has 10 nitrogen and oxygen atoms in total. The lowest BCUT2D eigenvalue weighted by Gasteiger charge is -2.39. The van der Waals surface area contributed by atoms with Gasteiger partial charge in [-0.2, -0.15) is 0 Å². The molecule has 0 aromatic heterocycles. The normalized spacial score (nSPS) is 25.6. The molecule has 4 rings (SSSR count). The minimum Gasteiger partial charge on any atom is -0.375 e. The molecule has 37 heavy (non-hydrogen) atoms. The molecule has 1 aromatic carbocycles. The number of carbonyl (C=O) groups is 3. The highest BCUT2D eigenvalue weighted by molar-refractivity contribution is 8.16. The summed E-state index contributed by atoms with van der Waals surface area (Å²) in [6.07, 6.45) is 1.42. The number of carbonyl (C=O) groups excluding carboxylic acids is 3. The largest absolute Gasteiger partial charge is 0.375 e. The molecule has 3 aliphatic rings. The lowest BCUT2D eigenvalue weighted by Crippen LogP contribution is -2.62. The minimum atomic E-state index is -0.475. The molecule has 200 valence electrons. The molecule has 0 aliphatic carbocycles. The van der Waals surface area contributed by atoms with E-state index >= 15 is 0 Å². The van der Waals surface area contributed by atoms with E-state index in [1.807, 2.05) is 0 Å². The first-order valence-electron chi connectivity index (χ1n) is 12.1. The van der Waals surface area contributed by atoms with Crippen molar-refractivity contribution < 1.29 is 19.1 Å². The van der Waals surface area contributed by atoms with E-state index in [2.05, 4.69) is 32.9 Å². The Labute approximate surface area is 230 Å². The second-order valence-electron chi connectivity index (χ2n) is 9.39. The Balaban J connectivity index is 1.41. The predicted octanol–water partition coefficient (Wildman–Crippen LogP) is 1.15. The maximum atomic E-state index is 13.2. The van der Waals surface area contributed by atoms with Gasteiger partial charge in [0.2, 0.25) is 5.91 Å². The van der Waals surface area contributed by atoms with Crippen LogP contribution in [0.15, 0.2) is 29.3 Å². The van der Waals surface area contributed by atoms with E-state index in [1.165, 1.54) is 18.9 Å². The molecule has 3 aliphatic heterocycles. The van der Waals surface area contributed by atoms with Gasteiger partial charge in [0.05, 0.1) is 18.1 Å². The fraction of sp³-hybridized carbons (Fsp3) is 0.542. The highest BCUT2D eigenvalue weighted by atomic mass is 35.5. The van der Waals surface area contributed by atoms with Crippen molar-refractivity contribution in [2.24, 2.45) is 4.99 Å². The van der Waals surface area contributed by atoms with Crippen LogP contribution in [0.3, 0.4) is 0 Å². The Bertz CT molecular complexity index is 1070. The summed E-state index contributed by atoms with van der Waals surface area (Å²) in [6, 6.07) is 6.03. The first-order valence-corrected chi connectivity index (χ1v) is 13.8. The monoisotopic (exact) mass is 566 g/mol. The third kappa shape index (κ3) is 7.20. The fourth-order valence-electron chi connectivity index (χ4n) is 4.66. The van der Waals surface area contributed by atoms with Crippen molar-refractivity contribution in [1.82, 2.24) is 20.4 Å². The van der Waals surface area contributed by atoms with E-state index < -0.39 is 11.9 Å². The number of anilines is 1. The van der Waals surface area contributed by atoms with Crippen LogP contribution in [-0.4, -0.2) is 108 Å². The van der Waals surface area contributed by atoms with Crippen molar-refractivity contribution >= 4 is 69.0 Å². The maximum absolute atomic E-state index is 13.2. The number of nitrogens with zero attached hydrogens (tertiary/aromatic N) is 3. The second kappa shape index (κ2) is 12.5. The Morgan fingerprint density at radius 1 is 1.14 bits per heavy atom. The molecule has 0 bridgehead atoms. The molecule has 2 saturated heterocycles. The van der Waals surface area contributed by atoms with Gasteiger partial charge in [0, 0.05) is 42.7 Å². The van der Waals surface area contributed by atoms with E-state index in [0.717, 1.165) is 19.5 Å². The third-order valence-electron chi connectivity index (χ3n) is 6.64. The molecule has 0 spiro atoms. The number of nitrogens with one attached hydrogen (secondary N) is 3. The quantitative estimate of drug-likeness (QED) is 0.439. The summed E-state index contributed by atoms with van der Waals surface area (Å²) in [7, 11) is 3.54. The number of piperidine rings is 2. The summed E-state index contributed by atoms with van der Waals surface area (Å²) in [5, 5.41) is 10.2. The van der Waals surface area contributed by atoms with E-state index in [1.54, 1.807) is 29.2 Å². The molecule has 3 heterocycles. The van der Waals surface area contributed by atoms with Crippen LogP contribution in [0.2, 0.25) is 5.02 Å². The first-order chi connectivity index (χ1) is 17.7. The number of rotatable bonds is 6. The zero-order chi connectivity index (χ0) is 26.5. The van der Waals surface area contributed by atoms with E-state index in [0.29, 0.717) is 28.7 Å². The Hall–Kier alpha value is -2.25. The summed E-state index contributed by atoms with van der Waals surface area (Å²) in [5.41, 5.74) is 0.562. The van der Waals surface area contributed by atoms with Gasteiger partial charge < -0.3 is 30.5 Å². The highest BCUT2D eigenvalue weighted by Crippen LogP contribution is 2.32. The average molecular weight is 567 g/mol. The molecule has 4 atom stereocenters. The van der Waals surface area contributed by atoms with Crippen LogP contribution in [0.1, 0.15) is 12.8 Å². The fourth-order valence-corrected chi connectivity index (χ4v) is 6.32. The maximum Gasteiger partial charge on any atom is 0.283 e. The Morgan fingerprint density at radius 3 is 2.62 bits per heavy atom. The molecule has 3 N–H and O–H groups in total.